The molecular weight excluding hydrogens is 400 g/mol. The molecule has 1 aromatic heterocycles. The molecule has 3 N–H and O–H groups in total. The van der Waals surface area contributed by atoms with Crippen LogP contribution in [0.25, 0.3) is 11.1 Å². The number of nitrogens with one attached hydrogen (secondary N) is 3. The first-order valence-electron chi connectivity index (χ1n) is 11.7. The van der Waals surface area contributed by atoms with E-state index in [0.717, 1.165) is 55.6 Å². The topological polar surface area (TPSA) is 79.0 Å². The summed E-state index contributed by atoms with van der Waals surface area (Å²) in [5, 5.41) is 13.4. The number of anilines is 1. The van der Waals surface area contributed by atoms with Crippen molar-refractivity contribution in [3.63, 3.8) is 0 Å². The van der Waals surface area contributed by atoms with E-state index in [-0.39, 0.29) is 12.0 Å². The number of aromatic nitrogens is 2. The van der Waals surface area contributed by atoms with Gasteiger partial charge in [-0.3, -0.25) is 9.89 Å². The highest BCUT2D eigenvalue weighted by Gasteiger charge is 2.21. The van der Waals surface area contributed by atoms with Crippen molar-refractivity contribution in [2.45, 2.75) is 51.0 Å². The number of aromatic amines is 1. The lowest BCUT2D eigenvalue weighted by Crippen LogP contribution is -2.22. The van der Waals surface area contributed by atoms with Crippen LogP contribution in [-0.4, -0.2) is 35.3 Å². The summed E-state index contributed by atoms with van der Waals surface area (Å²) in [5.74, 6) is 0.508. The van der Waals surface area contributed by atoms with Crippen LogP contribution >= 0.6 is 0 Å². The van der Waals surface area contributed by atoms with Crippen LogP contribution in [0.5, 0.6) is 5.75 Å². The minimum Gasteiger partial charge on any atom is -0.490 e. The zero-order chi connectivity index (χ0) is 21.8. The van der Waals surface area contributed by atoms with Crippen LogP contribution in [0.4, 0.5) is 5.69 Å². The number of H-pyrrole nitrogens is 1. The summed E-state index contributed by atoms with van der Waals surface area (Å²) < 4.78 is 6.39. The minimum atomic E-state index is -0.138. The molecule has 5 rings (SSSR count). The van der Waals surface area contributed by atoms with E-state index in [4.69, 9.17) is 4.74 Å². The van der Waals surface area contributed by atoms with Crippen molar-refractivity contribution in [3.05, 3.63) is 65.5 Å². The van der Waals surface area contributed by atoms with E-state index in [1.807, 2.05) is 30.5 Å². The maximum atomic E-state index is 13.3. The molecule has 1 aliphatic carbocycles. The van der Waals surface area contributed by atoms with Gasteiger partial charge in [-0.1, -0.05) is 18.6 Å². The molecule has 2 aromatic carbocycles. The number of nitrogens with zero attached hydrogens (tertiary/aromatic N) is 1. The fraction of sp³-hybridized carbons (Fsp3) is 0.385. The van der Waals surface area contributed by atoms with Gasteiger partial charge in [0.1, 0.15) is 5.75 Å². The van der Waals surface area contributed by atoms with E-state index in [2.05, 4.69) is 33.0 Å². The van der Waals surface area contributed by atoms with Crippen molar-refractivity contribution in [2.24, 2.45) is 0 Å². The third-order valence-electron chi connectivity index (χ3n) is 6.51. The lowest BCUT2D eigenvalue weighted by atomic mass is 9.97. The summed E-state index contributed by atoms with van der Waals surface area (Å²) in [6.07, 6.45) is 11.5. The molecule has 0 unspecified atom stereocenters. The normalized spacial score (nSPS) is 16.8. The van der Waals surface area contributed by atoms with Crippen LogP contribution in [0.3, 0.4) is 0 Å². The van der Waals surface area contributed by atoms with E-state index in [1.165, 1.54) is 30.4 Å². The number of hydrogen-bond donors (Lipinski definition) is 3. The van der Waals surface area contributed by atoms with Gasteiger partial charge >= 0.3 is 0 Å². The molecule has 1 aliphatic heterocycles. The van der Waals surface area contributed by atoms with Crippen molar-refractivity contribution in [3.8, 4) is 16.9 Å². The SMILES string of the molecule is O=C(Nc1ccc2c(c1)CCNCC2)c1ccc(-c2cn[nH]c2)cc1OC1CCCCC1. The van der Waals surface area contributed by atoms with Crippen LogP contribution in [0, 0.1) is 0 Å². The number of carbonyl (C=O) groups excluding carboxylic acids is 1. The number of fused-ring (bicyclic) bond motifs is 1. The molecule has 0 spiro atoms. The zero-order valence-corrected chi connectivity index (χ0v) is 18.3. The van der Waals surface area contributed by atoms with Gasteiger partial charge in [-0.25, -0.2) is 0 Å². The lowest BCUT2D eigenvalue weighted by Gasteiger charge is -2.24. The molecule has 1 saturated carbocycles. The second-order valence-electron chi connectivity index (χ2n) is 8.76. The zero-order valence-electron chi connectivity index (χ0n) is 18.3. The fourth-order valence-corrected chi connectivity index (χ4v) is 4.71. The summed E-state index contributed by atoms with van der Waals surface area (Å²) in [7, 11) is 0. The summed E-state index contributed by atoms with van der Waals surface area (Å²) in [4.78, 5) is 13.3. The third kappa shape index (κ3) is 4.70. The molecule has 3 aromatic rings. The Kier molecular flexibility index (Phi) is 6.21. The van der Waals surface area contributed by atoms with Crippen molar-refractivity contribution in [2.75, 3.05) is 18.4 Å². The van der Waals surface area contributed by atoms with E-state index >= 15 is 0 Å². The van der Waals surface area contributed by atoms with E-state index in [1.54, 1.807) is 6.20 Å². The first-order valence-corrected chi connectivity index (χ1v) is 11.7. The van der Waals surface area contributed by atoms with E-state index < -0.39 is 0 Å². The average molecular weight is 431 g/mol. The predicted molar refractivity (Wildman–Crippen MR) is 126 cm³/mol. The fourth-order valence-electron chi connectivity index (χ4n) is 4.71. The van der Waals surface area contributed by atoms with Gasteiger partial charge in [0, 0.05) is 17.4 Å². The smallest absolute Gasteiger partial charge is 0.259 e. The average Bonchev–Trinajstić information content (AvgIpc) is 3.26. The van der Waals surface area contributed by atoms with Crippen molar-refractivity contribution < 1.29 is 9.53 Å². The van der Waals surface area contributed by atoms with Gasteiger partial charge in [0.25, 0.3) is 5.91 Å². The summed E-state index contributed by atoms with van der Waals surface area (Å²) >= 11 is 0. The van der Waals surface area contributed by atoms with Gasteiger partial charge in [0.15, 0.2) is 0 Å². The first kappa shape index (κ1) is 20.8. The number of rotatable bonds is 5. The Morgan fingerprint density at radius 2 is 1.81 bits per heavy atom. The Morgan fingerprint density at radius 3 is 2.62 bits per heavy atom. The highest BCUT2D eigenvalue weighted by Crippen LogP contribution is 2.31. The Bertz CT molecular complexity index is 1070. The standard InChI is InChI=1S/C26H30N4O2/c31-26(30-22-8-6-18-10-12-27-13-11-20(18)14-22)24-9-7-19(21-16-28-29-17-21)15-25(24)32-23-4-2-1-3-5-23/h6-9,14-17,23,27H,1-5,10-13H2,(H,28,29)(H,30,31). The lowest BCUT2D eigenvalue weighted by molar-refractivity contribution is 0.101. The summed E-state index contributed by atoms with van der Waals surface area (Å²) in [6.45, 7) is 1.98. The van der Waals surface area contributed by atoms with Crippen LogP contribution < -0.4 is 15.4 Å². The van der Waals surface area contributed by atoms with Crippen molar-refractivity contribution >= 4 is 11.6 Å². The van der Waals surface area contributed by atoms with Gasteiger partial charge < -0.3 is 15.4 Å². The molecule has 0 saturated heterocycles. The number of amides is 1. The molecule has 0 atom stereocenters. The Balaban J connectivity index is 1.41. The van der Waals surface area contributed by atoms with Gasteiger partial charge in [-0.2, -0.15) is 5.10 Å². The maximum absolute atomic E-state index is 13.3. The molecule has 32 heavy (non-hydrogen) atoms. The number of ether oxygens (including phenoxy) is 1. The van der Waals surface area contributed by atoms with Gasteiger partial charge in [0.2, 0.25) is 0 Å². The quantitative estimate of drug-likeness (QED) is 0.547. The second-order valence-corrected chi connectivity index (χ2v) is 8.76. The van der Waals surface area contributed by atoms with Crippen LogP contribution in [0.15, 0.2) is 48.8 Å². The number of carbonyl (C=O) groups is 1. The Labute approximate surface area is 188 Å². The highest BCUT2D eigenvalue weighted by molar-refractivity contribution is 6.06. The number of hydrogen-bond acceptors (Lipinski definition) is 4. The molecule has 0 bridgehead atoms. The Hall–Kier alpha value is -3.12. The molecule has 1 fully saturated rings. The second kappa shape index (κ2) is 9.57. The van der Waals surface area contributed by atoms with Gasteiger partial charge in [0.05, 0.1) is 17.9 Å². The molecular formula is C26H30N4O2. The van der Waals surface area contributed by atoms with Crippen LogP contribution in [0.1, 0.15) is 53.6 Å². The Morgan fingerprint density at radius 1 is 0.969 bits per heavy atom. The molecule has 2 aliphatic rings. The van der Waals surface area contributed by atoms with E-state index in [9.17, 15) is 4.79 Å². The monoisotopic (exact) mass is 430 g/mol. The molecule has 2 heterocycles. The molecule has 6 nitrogen and oxygen atoms in total. The van der Waals surface area contributed by atoms with Crippen molar-refractivity contribution in [1.82, 2.24) is 15.5 Å². The highest BCUT2D eigenvalue weighted by atomic mass is 16.5. The third-order valence-corrected chi connectivity index (χ3v) is 6.51. The minimum absolute atomic E-state index is 0.138. The first-order chi connectivity index (χ1) is 15.8. The van der Waals surface area contributed by atoms with Crippen LogP contribution in [-0.2, 0) is 12.8 Å². The van der Waals surface area contributed by atoms with Crippen LogP contribution in [0.2, 0.25) is 0 Å². The largest absolute Gasteiger partial charge is 0.490 e. The molecule has 166 valence electrons. The summed E-state index contributed by atoms with van der Waals surface area (Å²) in [6, 6.07) is 12.0. The molecule has 0 radical (unpaired) electrons. The summed E-state index contributed by atoms with van der Waals surface area (Å²) in [5.41, 5.74) is 6.03. The predicted octanol–water partition coefficient (Wildman–Crippen LogP) is 4.73. The van der Waals surface area contributed by atoms with Crippen molar-refractivity contribution in [1.29, 1.82) is 0 Å². The van der Waals surface area contributed by atoms with E-state index in [0.29, 0.717) is 11.3 Å². The molecule has 1 amide bonds. The van der Waals surface area contributed by atoms with Gasteiger partial charge in [-0.15, -0.1) is 0 Å². The van der Waals surface area contributed by atoms with Gasteiger partial charge in [-0.05, 0) is 92.6 Å². The molecule has 6 heteroatoms. The maximum Gasteiger partial charge on any atom is 0.259 e. The number of benzene rings is 2.